The quantitative estimate of drug-likeness (QED) is 0.191. The summed E-state index contributed by atoms with van der Waals surface area (Å²) in [7, 11) is 0. The second kappa shape index (κ2) is 10.7. The summed E-state index contributed by atoms with van der Waals surface area (Å²) in [4.78, 5) is 26.8. The van der Waals surface area contributed by atoms with Gasteiger partial charge in [-0.25, -0.2) is 10.4 Å². The standard InChI is InChI=1S/C23H18ClN5O4S/c24-17-5-1-16(2-6-17)14-33-19-8-3-15(4-9-19)12-26-28-22(30)13-25-23-27-20-10-7-18(29(31)32)11-21(20)34-23/h1-12H,13-14H2,(H,25,27)(H,28,30). The van der Waals surface area contributed by atoms with Gasteiger partial charge in [0, 0.05) is 17.2 Å². The van der Waals surface area contributed by atoms with Crippen molar-refractivity contribution < 1.29 is 14.5 Å². The normalized spacial score (nSPS) is 11.0. The second-order valence-electron chi connectivity index (χ2n) is 7.06. The summed E-state index contributed by atoms with van der Waals surface area (Å²) in [6.45, 7) is 0.385. The van der Waals surface area contributed by atoms with E-state index >= 15 is 0 Å². The lowest BCUT2D eigenvalue weighted by atomic mass is 10.2. The van der Waals surface area contributed by atoms with Crippen molar-refractivity contribution in [3.8, 4) is 5.75 Å². The molecule has 0 aliphatic carbocycles. The number of ether oxygens (including phenoxy) is 1. The Morgan fingerprint density at radius 2 is 1.91 bits per heavy atom. The first-order valence-electron chi connectivity index (χ1n) is 10.0. The summed E-state index contributed by atoms with van der Waals surface area (Å²) >= 11 is 7.11. The first-order valence-corrected chi connectivity index (χ1v) is 11.2. The number of anilines is 1. The van der Waals surface area contributed by atoms with Crippen LogP contribution in [0.2, 0.25) is 5.02 Å². The average Bonchev–Trinajstić information content (AvgIpc) is 3.25. The number of carbonyl (C=O) groups excluding carboxylic acids is 1. The molecular weight excluding hydrogens is 478 g/mol. The number of nitro benzene ring substituents is 1. The van der Waals surface area contributed by atoms with Gasteiger partial charge < -0.3 is 10.1 Å². The van der Waals surface area contributed by atoms with Gasteiger partial charge in [-0.1, -0.05) is 35.1 Å². The fourth-order valence-electron chi connectivity index (χ4n) is 2.87. The molecule has 0 radical (unpaired) electrons. The van der Waals surface area contributed by atoms with Crippen LogP contribution in [0.25, 0.3) is 10.2 Å². The van der Waals surface area contributed by atoms with Crippen LogP contribution in [0.5, 0.6) is 5.75 Å². The van der Waals surface area contributed by atoms with Crippen molar-refractivity contribution in [2.75, 3.05) is 11.9 Å². The van der Waals surface area contributed by atoms with Gasteiger partial charge in [0.1, 0.15) is 12.4 Å². The largest absolute Gasteiger partial charge is 0.489 e. The summed E-state index contributed by atoms with van der Waals surface area (Å²) < 4.78 is 6.40. The zero-order valence-corrected chi connectivity index (χ0v) is 19.2. The molecule has 1 amide bonds. The molecule has 1 heterocycles. The minimum atomic E-state index is -0.459. The number of halogens is 1. The number of hydrogen-bond acceptors (Lipinski definition) is 8. The molecule has 0 spiro atoms. The van der Waals surface area contributed by atoms with Gasteiger partial charge in [0.2, 0.25) is 0 Å². The summed E-state index contributed by atoms with van der Waals surface area (Å²) in [6, 6.07) is 19.2. The summed E-state index contributed by atoms with van der Waals surface area (Å²) in [6.07, 6.45) is 1.53. The first kappa shape index (κ1) is 23.1. The Morgan fingerprint density at radius 1 is 1.15 bits per heavy atom. The van der Waals surface area contributed by atoms with Crippen LogP contribution in [0.3, 0.4) is 0 Å². The highest BCUT2D eigenvalue weighted by atomic mass is 35.5. The summed E-state index contributed by atoms with van der Waals surface area (Å²) in [5.74, 6) is 0.353. The smallest absolute Gasteiger partial charge is 0.270 e. The number of hydrazone groups is 1. The van der Waals surface area contributed by atoms with Gasteiger partial charge in [-0.15, -0.1) is 0 Å². The molecule has 9 nitrogen and oxygen atoms in total. The monoisotopic (exact) mass is 495 g/mol. The van der Waals surface area contributed by atoms with E-state index in [9.17, 15) is 14.9 Å². The number of hydrogen-bond donors (Lipinski definition) is 2. The Kier molecular flexibility index (Phi) is 7.31. The van der Waals surface area contributed by atoms with Gasteiger partial charge in [0.25, 0.3) is 11.6 Å². The predicted octanol–water partition coefficient (Wildman–Crippen LogP) is 5.00. The Balaban J connectivity index is 1.23. The molecule has 4 aromatic rings. The van der Waals surface area contributed by atoms with Crippen molar-refractivity contribution in [2.24, 2.45) is 5.10 Å². The number of nitrogens with zero attached hydrogens (tertiary/aromatic N) is 3. The van der Waals surface area contributed by atoms with Crippen molar-refractivity contribution >= 4 is 56.1 Å². The SMILES string of the molecule is O=C(CNc1nc2ccc([N+](=O)[O-])cc2s1)NN=Cc1ccc(OCc2ccc(Cl)cc2)cc1. The summed E-state index contributed by atoms with van der Waals surface area (Å²) in [5, 5.41) is 18.9. The number of rotatable bonds is 9. The van der Waals surface area contributed by atoms with E-state index in [1.54, 1.807) is 6.07 Å². The highest BCUT2D eigenvalue weighted by molar-refractivity contribution is 7.22. The van der Waals surface area contributed by atoms with Crippen LogP contribution >= 0.6 is 22.9 Å². The van der Waals surface area contributed by atoms with Gasteiger partial charge in [0.05, 0.1) is 27.9 Å². The van der Waals surface area contributed by atoms with Crippen LogP contribution in [0.15, 0.2) is 71.8 Å². The maximum absolute atomic E-state index is 12.0. The van der Waals surface area contributed by atoms with E-state index in [0.29, 0.717) is 32.7 Å². The van der Waals surface area contributed by atoms with Crippen LogP contribution in [0.4, 0.5) is 10.8 Å². The molecule has 0 atom stereocenters. The Hall–Kier alpha value is -4.02. The van der Waals surface area contributed by atoms with E-state index in [1.807, 2.05) is 48.5 Å². The molecule has 0 bridgehead atoms. The van der Waals surface area contributed by atoms with Crippen LogP contribution in [-0.2, 0) is 11.4 Å². The third-order valence-electron chi connectivity index (χ3n) is 4.58. The van der Waals surface area contributed by atoms with Crippen molar-refractivity contribution in [1.29, 1.82) is 0 Å². The molecule has 0 fully saturated rings. The predicted molar refractivity (Wildman–Crippen MR) is 133 cm³/mol. The van der Waals surface area contributed by atoms with Crippen molar-refractivity contribution in [2.45, 2.75) is 6.61 Å². The number of benzene rings is 3. The molecular formula is C23H18ClN5O4S. The molecule has 0 unspecified atom stereocenters. The van der Waals surface area contributed by atoms with E-state index in [-0.39, 0.29) is 18.1 Å². The molecule has 2 N–H and O–H groups in total. The number of carbonyl (C=O) groups is 1. The number of aromatic nitrogens is 1. The number of non-ortho nitro benzene ring substituents is 1. The third kappa shape index (κ3) is 6.27. The second-order valence-corrected chi connectivity index (χ2v) is 8.53. The van der Waals surface area contributed by atoms with E-state index < -0.39 is 4.92 Å². The zero-order chi connectivity index (χ0) is 23.9. The lowest BCUT2D eigenvalue weighted by Crippen LogP contribution is -2.25. The van der Waals surface area contributed by atoms with Crippen molar-refractivity contribution in [1.82, 2.24) is 10.4 Å². The highest BCUT2D eigenvalue weighted by Crippen LogP contribution is 2.28. The van der Waals surface area contributed by atoms with Gasteiger partial charge in [0.15, 0.2) is 5.13 Å². The molecule has 34 heavy (non-hydrogen) atoms. The lowest BCUT2D eigenvalue weighted by Gasteiger charge is -2.06. The minimum Gasteiger partial charge on any atom is -0.489 e. The van der Waals surface area contributed by atoms with Crippen LogP contribution in [-0.4, -0.2) is 28.6 Å². The number of nitrogens with one attached hydrogen (secondary N) is 2. The lowest BCUT2D eigenvalue weighted by molar-refractivity contribution is -0.384. The number of nitro groups is 1. The molecule has 0 saturated heterocycles. The minimum absolute atomic E-state index is 0.00377. The van der Waals surface area contributed by atoms with E-state index in [0.717, 1.165) is 11.1 Å². The topological polar surface area (TPSA) is 119 Å². The maximum atomic E-state index is 12.0. The Bertz CT molecular complexity index is 1340. The van der Waals surface area contributed by atoms with Gasteiger partial charge in [-0.05, 0) is 53.6 Å². The molecule has 4 rings (SSSR count). The molecule has 11 heteroatoms. The van der Waals surface area contributed by atoms with E-state index in [2.05, 4.69) is 20.8 Å². The van der Waals surface area contributed by atoms with Gasteiger partial charge in [-0.3, -0.25) is 14.9 Å². The van der Waals surface area contributed by atoms with Crippen molar-refractivity contribution in [3.63, 3.8) is 0 Å². The third-order valence-corrected chi connectivity index (χ3v) is 5.81. The molecule has 0 aliphatic heterocycles. The molecule has 172 valence electrons. The highest BCUT2D eigenvalue weighted by Gasteiger charge is 2.10. The van der Waals surface area contributed by atoms with E-state index in [4.69, 9.17) is 16.3 Å². The number of amides is 1. The van der Waals surface area contributed by atoms with Gasteiger partial charge in [-0.2, -0.15) is 5.10 Å². The Morgan fingerprint density at radius 3 is 2.65 bits per heavy atom. The average molecular weight is 496 g/mol. The summed E-state index contributed by atoms with van der Waals surface area (Å²) in [5.41, 5.74) is 4.86. The zero-order valence-electron chi connectivity index (χ0n) is 17.6. The molecule has 0 aliphatic rings. The Labute approximate surface area is 203 Å². The van der Waals surface area contributed by atoms with Crippen molar-refractivity contribution in [3.05, 3.63) is 93.0 Å². The van der Waals surface area contributed by atoms with Crippen LogP contribution < -0.4 is 15.5 Å². The van der Waals surface area contributed by atoms with Crippen LogP contribution in [0.1, 0.15) is 11.1 Å². The van der Waals surface area contributed by atoms with E-state index in [1.165, 1.54) is 29.7 Å². The van der Waals surface area contributed by atoms with Gasteiger partial charge >= 0.3 is 0 Å². The molecule has 3 aromatic carbocycles. The molecule has 1 aromatic heterocycles. The van der Waals surface area contributed by atoms with Crippen LogP contribution in [0, 0.1) is 10.1 Å². The first-order chi connectivity index (χ1) is 16.5. The maximum Gasteiger partial charge on any atom is 0.270 e. The fourth-order valence-corrected chi connectivity index (χ4v) is 3.89. The number of fused-ring (bicyclic) bond motifs is 1. The fraction of sp³-hybridized carbons (Fsp3) is 0.0870. The molecule has 0 saturated carbocycles. The number of thiazole rings is 1.